The van der Waals surface area contributed by atoms with Crippen molar-refractivity contribution in [2.75, 3.05) is 0 Å². The van der Waals surface area contributed by atoms with Gasteiger partial charge in [0.1, 0.15) is 0 Å². The number of fused-ring (bicyclic) bond motifs is 7. The van der Waals surface area contributed by atoms with Crippen LogP contribution in [-0.4, -0.2) is 0 Å². The molecule has 0 amide bonds. The van der Waals surface area contributed by atoms with E-state index in [1.54, 1.807) is 11.3 Å². The highest BCUT2D eigenvalue weighted by Gasteiger charge is 2.18. The molecule has 0 spiro atoms. The van der Waals surface area contributed by atoms with Crippen molar-refractivity contribution >= 4 is 74.6 Å². The lowest BCUT2D eigenvalue weighted by atomic mass is 9.84. The molecule has 1 heterocycles. The van der Waals surface area contributed by atoms with Crippen LogP contribution in [0.1, 0.15) is 11.0 Å². The van der Waals surface area contributed by atoms with Gasteiger partial charge in [0.2, 0.25) is 0 Å². The Hall–Kier alpha value is -4.98. The first-order valence-electron chi connectivity index (χ1n) is 17.4. The second-order valence-corrected chi connectivity index (χ2v) is 11.4. The summed E-state index contributed by atoms with van der Waals surface area (Å²) in [7, 11) is 0. The molecule has 0 saturated heterocycles. The summed E-state index contributed by atoms with van der Waals surface area (Å²) in [6.07, 6.45) is 0. The molecule has 8 aromatic carbocycles. The summed E-state index contributed by atoms with van der Waals surface area (Å²) in [5.41, 5.74) is 1.95. The third-order valence-electron chi connectivity index (χ3n) is 8.06. The number of benzene rings is 8. The van der Waals surface area contributed by atoms with E-state index in [0.29, 0.717) is 22.3 Å². The highest BCUT2D eigenvalue weighted by Crippen LogP contribution is 2.46. The Labute approximate surface area is 253 Å². The number of hydrogen-bond donors (Lipinski definition) is 0. The molecular weight excluding hydrogens is 513 g/mol. The fraction of sp³-hybridized carbons (Fsp3) is 0. The van der Waals surface area contributed by atoms with Crippen LogP contribution in [-0.2, 0) is 0 Å². The molecule has 0 N–H and O–H groups in total. The van der Waals surface area contributed by atoms with Gasteiger partial charge in [0.15, 0.2) is 0 Å². The minimum atomic E-state index is -0.406. The molecule has 0 unspecified atom stereocenters. The third kappa shape index (κ3) is 3.40. The van der Waals surface area contributed by atoms with Gasteiger partial charge >= 0.3 is 0 Å². The van der Waals surface area contributed by atoms with Crippen molar-refractivity contribution in [3.63, 3.8) is 0 Å². The van der Waals surface area contributed by atoms with Crippen molar-refractivity contribution < 1.29 is 11.0 Å². The van der Waals surface area contributed by atoms with Crippen molar-refractivity contribution in [1.82, 2.24) is 0 Å². The molecule has 41 heavy (non-hydrogen) atoms. The SMILES string of the molecule is [2H]c1c([2H])c([2H])c2c(-c3cccc4ccccc34)c3c([2H])c([2H])c([2H])c([2H])c3c(-c3ccc4sc5cc6ccccc6cc5c4c3)c2c1[2H]. The van der Waals surface area contributed by atoms with Crippen LogP contribution in [0.3, 0.4) is 0 Å². The monoisotopic (exact) mass is 544 g/mol. The second-order valence-electron chi connectivity index (χ2n) is 10.3. The standard InChI is InChI=1S/C40H24S/c1-2-12-27-24-38-36(22-26(27)11-1)35-23-28(20-21-37(35)41-38)39-31-15-5-7-17-33(31)40(34-18-8-6-16-32(34)39)30-19-9-13-25-10-3-4-14-29(25)30/h1-24H/i5D,6D,7D,8D,15D,16D,17D,18D. The van der Waals surface area contributed by atoms with Crippen LogP contribution in [0.4, 0.5) is 0 Å². The van der Waals surface area contributed by atoms with Gasteiger partial charge in [0, 0.05) is 20.2 Å². The van der Waals surface area contributed by atoms with Gasteiger partial charge in [-0.1, -0.05) is 121 Å². The zero-order chi connectivity index (χ0) is 33.9. The Bertz CT molecular complexity index is 2840. The number of rotatable bonds is 2. The molecule has 9 aromatic rings. The van der Waals surface area contributed by atoms with Crippen molar-refractivity contribution in [1.29, 1.82) is 0 Å². The zero-order valence-electron chi connectivity index (χ0n) is 29.6. The van der Waals surface area contributed by atoms with Crippen LogP contribution >= 0.6 is 11.3 Å². The Morgan fingerprint density at radius 2 is 1.00 bits per heavy atom. The second kappa shape index (κ2) is 8.76. The van der Waals surface area contributed by atoms with Gasteiger partial charge in [0.05, 0.1) is 11.0 Å². The van der Waals surface area contributed by atoms with E-state index in [-0.39, 0.29) is 45.7 Å². The lowest BCUT2D eigenvalue weighted by Gasteiger charge is -2.19. The lowest BCUT2D eigenvalue weighted by molar-refractivity contribution is 1.69. The van der Waals surface area contributed by atoms with Crippen molar-refractivity contribution in [2.24, 2.45) is 0 Å². The van der Waals surface area contributed by atoms with Gasteiger partial charge in [-0.15, -0.1) is 11.3 Å². The highest BCUT2D eigenvalue weighted by molar-refractivity contribution is 7.25. The molecule has 1 aromatic heterocycles. The minimum Gasteiger partial charge on any atom is -0.135 e. The highest BCUT2D eigenvalue weighted by atomic mass is 32.1. The molecule has 0 atom stereocenters. The van der Waals surface area contributed by atoms with Gasteiger partial charge in [0.25, 0.3) is 0 Å². The molecule has 0 aliphatic carbocycles. The summed E-state index contributed by atoms with van der Waals surface area (Å²) in [4.78, 5) is 0. The van der Waals surface area contributed by atoms with Gasteiger partial charge in [-0.25, -0.2) is 0 Å². The summed E-state index contributed by atoms with van der Waals surface area (Å²) in [6.45, 7) is 0. The molecular formula is C40H24S. The van der Waals surface area contributed by atoms with Crippen LogP contribution in [0.2, 0.25) is 0 Å². The first kappa shape index (κ1) is 16.3. The molecule has 0 radical (unpaired) electrons. The first-order valence-corrected chi connectivity index (χ1v) is 14.3. The van der Waals surface area contributed by atoms with E-state index in [9.17, 15) is 5.48 Å². The predicted molar refractivity (Wildman–Crippen MR) is 180 cm³/mol. The normalized spacial score (nSPS) is 14.6. The summed E-state index contributed by atoms with van der Waals surface area (Å²) in [6, 6.07) is 29.1. The predicted octanol–water partition coefficient (Wildman–Crippen LogP) is 12.0. The van der Waals surface area contributed by atoms with Gasteiger partial charge in [-0.2, -0.15) is 0 Å². The Morgan fingerprint density at radius 3 is 1.73 bits per heavy atom. The van der Waals surface area contributed by atoms with Crippen LogP contribution in [0.25, 0.3) is 85.5 Å². The van der Waals surface area contributed by atoms with E-state index in [4.69, 9.17) is 5.48 Å². The largest absolute Gasteiger partial charge is 0.135 e. The molecule has 0 saturated carbocycles. The fourth-order valence-corrected chi connectivity index (χ4v) is 7.36. The maximum atomic E-state index is 9.31. The quantitative estimate of drug-likeness (QED) is 0.190. The Balaban J connectivity index is 1.54. The minimum absolute atomic E-state index is 0.218. The summed E-state index contributed by atoms with van der Waals surface area (Å²) < 4.78 is 74.3. The number of thiophene rings is 1. The maximum absolute atomic E-state index is 9.31. The van der Waals surface area contributed by atoms with E-state index in [1.165, 1.54) is 0 Å². The zero-order valence-corrected chi connectivity index (χ0v) is 22.5. The van der Waals surface area contributed by atoms with Gasteiger partial charge < -0.3 is 0 Å². The lowest BCUT2D eigenvalue weighted by Crippen LogP contribution is -1.91. The topological polar surface area (TPSA) is 0 Å². The molecule has 0 aliphatic heterocycles. The van der Waals surface area contributed by atoms with Crippen LogP contribution in [0, 0.1) is 0 Å². The molecule has 9 rings (SSSR count). The average Bonchev–Trinajstić information content (AvgIpc) is 3.48. The van der Waals surface area contributed by atoms with Crippen molar-refractivity contribution in [2.45, 2.75) is 0 Å². The molecule has 0 nitrogen and oxygen atoms in total. The molecule has 0 bridgehead atoms. The molecule has 0 fully saturated rings. The Kier molecular flexibility index (Phi) is 3.49. The van der Waals surface area contributed by atoms with Crippen molar-refractivity contribution in [3.05, 3.63) is 145 Å². The van der Waals surface area contributed by atoms with Gasteiger partial charge in [-0.05, 0) is 89.6 Å². The molecule has 1 heteroatoms. The maximum Gasteiger partial charge on any atom is 0.0629 e. The average molecular weight is 545 g/mol. The summed E-state index contributed by atoms with van der Waals surface area (Å²) in [5, 5.41) is 6.81. The summed E-state index contributed by atoms with van der Waals surface area (Å²) in [5.74, 6) is 0. The van der Waals surface area contributed by atoms with Crippen LogP contribution in [0.5, 0.6) is 0 Å². The van der Waals surface area contributed by atoms with Gasteiger partial charge in [-0.3, -0.25) is 0 Å². The van der Waals surface area contributed by atoms with E-state index in [0.717, 1.165) is 41.7 Å². The van der Waals surface area contributed by atoms with E-state index in [2.05, 4.69) is 24.3 Å². The fourth-order valence-electron chi connectivity index (χ4n) is 6.24. The number of hydrogen-bond acceptors (Lipinski definition) is 1. The molecule has 0 aliphatic rings. The molecule has 190 valence electrons. The Morgan fingerprint density at radius 1 is 0.415 bits per heavy atom. The van der Waals surface area contributed by atoms with Crippen LogP contribution < -0.4 is 0 Å². The van der Waals surface area contributed by atoms with E-state index >= 15 is 0 Å². The van der Waals surface area contributed by atoms with E-state index in [1.807, 2.05) is 72.8 Å². The summed E-state index contributed by atoms with van der Waals surface area (Å²) >= 11 is 1.66. The first-order chi connectivity index (χ1) is 23.7. The smallest absolute Gasteiger partial charge is 0.0629 e. The third-order valence-corrected chi connectivity index (χ3v) is 9.19. The van der Waals surface area contributed by atoms with Crippen molar-refractivity contribution in [3.8, 4) is 22.3 Å². The van der Waals surface area contributed by atoms with E-state index < -0.39 is 24.2 Å². The van der Waals surface area contributed by atoms with Crippen LogP contribution in [0.15, 0.2) is 145 Å².